The number of hydrogen-bond donors (Lipinski definition) is 2. The molecule has 0 aliphatic heterocycles. The lowest BCUT2D eigenvalue weighted by Gasteiger charge is -2.13. The molecule has 21 heavy (non-hydrogen) atoms. The second-order valence-electron chi connectivity index (χ2n) is 4.38. The number of alkyl halides is 3. The third kappa shape index (κ3) is 6.48. The maximum Gasteiger partial charge on any atom is 0.419 e. The quantitative estimate of drug-likeness (QED) is 0.724. The van der Waals surface area contributed by atoms with Crippen molar-refractivity contribution in [3.63, 3.8) is 0 Å². The van der Waals surface area contributed by atoms with Crippen LogP contribution in [0.3, 0.4) is 0 Å². The third-order valence-corrected chi connectivity index (χ3v) is 2.60. The minimum atomic E-state index is -4.50. The summed E-state index contributed by atoms with van der Waals surface area (Å²) in [6.45, 7) is 3.45. The molecular weight excluding hydrogens is 285 g/mol. The third-order valence-electron chi connectivity index (χ3n) is 2.60. The van der Waals surface area contributed by atoms with Gasteiger partial charge >= 0.3 is 6.18 Å². The van der Waals surface area contributed by atoms with Crippen molar-refractivity contribution >= 4 is 5.91 Å². The summed E-state index contributed by atoms with van der Waals surface area (Å²) in [5.41, 5.74) is -0.887. The van der Waals surface area contributed by atoms with Crippen LogP contribution in [-0.2, 0) is 11.0 Å². The minimum absolute atomic E-state index is 0.343. The van der Waals surface area contributed by atoms with E-state index in [1.807, 2.05) is 6.92 Å². The molecule has 1 aromatic rings. The van der Waals surface area contributed by atoms with Gasteiger partial charge in [-0.1, -0.05) is 19.1 Å². The Morgan fingerprint density at radius 2 is 1.90 bits per heavy atom. The summed E-state index contributed by atoms with van der Waals surface area (Å²) < 4.78 is 43.1. The summed E-state index contributed by atoms with van der Waals surface area (Å²) in [6.07, 6.45) is -3.51. The molecule has 0 fully saturated rings. The zero-order chi connectivity index (χ0) is 15.7. The van der Waals surface area contributed by atoms with Gasteiger partial charge < -0.3 is 15.4 Å². The number of rotatable bonds is 8. The Kier molecular flexibility index (Phi) is 7.01. The lowest BCUT2D eigenvalue weighted by molar-refractivity contribution is -0.139. The fourth-order valence-corrected chi connectivity index (χ4v) is 1.61. The number of hydrogen-bond acceptors (Lipinski definition) is 3. The first-order chi connectivity index (χ1) is 9.95. The molecule has 118 valence electrons. The Balaban J connectivity index is 2.40. The van der Waals surface area contributed by atoms with E-state index in [4.69, 9.17) is 4.74 Å². The second-order valence-corrected chi connectivity index (χ2v) is 4.38. The van der Waals surface area contributed by atoms with Gasteiger partial charge in [0.05, 0.1) is 5.56 Å². The van der Waals surface area contributed by atoms with Crippen molar-refractivity contribution in [2.24, 2.45) is 0 Å². The molecule has 0 aliphatic carbocycles. The first kappa shape index (κ1) is 17.3. The number of halogens is 3. The SMILES string of the molecule is CCCNCCNC(=O)COc1ccccc1C(F)(F)F. The normalized spacial score (nSPS) is 11.2. The van der Waals surface area contributed by atoms with Crippen LogP contribution in [-0.4, -0.2) is 32.1 Å². The summed E-state index contributed by atoms with van der Waals surface area (Å²) in [5.74, 6) is -0.797. The van der Waals surface area contributed by atoms with Crippen molar-refractivity contribution in [1.29, 1.82) is 0 Å². The predicted octanol–water partition coefficient (Wildman–Crippen LogP) is 2.20. The number of benzene rings is 1. The topological polar surface area (TPSA) is 50.4 Å². The molecule has 0 atom stereocenters. The summed E-state index contributed by atoms with van der Waals surface area (Å²) in [5, 5.41) is 5.65. The molecule has 0 spiro atoms. The van der Waals surface area contributed by atoms with E-state index in [1.165, 1.54) is 18.2 Å². The number of carbonyl (C=O) groups excluding carboxylic acids is 1. The number of nitrogens with one attached hydrogen (secondary N) is 2. The highest BCUT2D eigenvalue weighted by Crippen LogP contribution is 2.35. The first-order valence-corrected chi connectivity index (χ1v) is 6.71. The monoisotopic (exact) mass is 304 g/mol. The van der Waals surface area contributed by atoms with Gasteiger partial charge in [0.25, 0.3) is 5.91 Å². The zero-order valence-corrected chi connectivity index (χ0v) is 11.8. The largest absolute Gasteiger partial charge is 0.483 e. The maximum atomic E-state index is 12.7. The predicted molar refractivity (Wildman–Crippen MR) is 73.1 cm³/mol. The standard InChI is InChI=1S/C14H19F3N2O2/c1-2-7-18-8-9-19-13(20)10-21-12-6-4-3-5-11(12)14(15,16)17/h3-6,18H,2,7-10H2,1H3,(H,19,20). The Morgan fingerprint density at radius 3 is 2.57 bits per heavy atom. The Morgan fingerprint density at radius 1 is 1.19 bits per heavy atom. The average molecular weight is 304 g/mol. The van der Waals surface area contributed by atoms with Crippen molar-refractivity contribution in [3.8, 4) is 5.75 Å². The van der Waals surface area contributed by atoms with E-state index in [2.05, 4.69) is 10.6 Å². The lowest BCUT2D eigenvalue weighted by atomic mass is 10.2. The van der Waals surface area contributed by atoms with Gasteiger partial charge in [-0.05, 0) is 25.1 Å². The molecule has 1 aromatic carbocycles. The van der Waals surface area contributed by atoms with Gasteiger partial charge in [-0.2, -0.15) is 13.2 Å². The van der Waals surface area contributed by atoms with Crippen molar-refractivity contribution < 1.29 is 22.7 Å². The molecule has 2 N–H and O–H groups in total. The molecule has 1 amide bonds. The second kappa shape index (κ2) is 8.51. The summed E-state index contributed by atoms with van der Waals surface area (Å²) in [4.78, 5) is 11.5. The van der Waals surface area contributed by atoms with Crippen LogP contribution >= 0.6 is 0 Å². The highest BCUT2D eigenvalue weighted by atomic mass is 19.4. The molecule has 0 bridgehead atoms. The van der Waals surface area contributed by atoms with Crippen LogP contribution in [0, 0.1) is 0 Å². The van der Waals surface area contributed by atoms with Gasteiger partial charge in [0, 0.05) is 13.1 Å². The van der Waals surface area contributed by atoms with Crippen LogP contribution in [0.1, 0.15) is 18.9 Å². The van der Waals surface area contributed by atoms with Crippen molar-refractivity contribution in [2.45, 2.75) is 19.5 Å². The summed E-state index contributed by atoms with van der Waals surface area (Å²) in [6, 6.07) is 4.81. The Hall–Kier alpha value is -1.76. The Bertz CT molecular complexity index is 450. The van der Waals surface area contributed by atoms with E-state index in [0.29, 0.717) is 13.1 Å². The fourth-order valence-electron chi connectivity index (χ4n) is 1.61. The summed E-state index contributed by atoms with van der Waals surface area (Å²) in [7, 11) is 0. The van der Waals surface area contributed by atoms with E-state index in [9.17, 15) is 18.0 Å². The number of ether oxygens (including phenoxy) is 1. The van der Waals surface area contributed by atoms with Gasteiger partial charge in [-0.3, -0.25) is 4.79 Å². The number of amides is 1. The molecule has 0 aliphatic rings. The van der Waals surface area contributed by atoms with Gasteiger partial charge in [0.15, 0.2) is 6.61 Å². The smallest absolute Gasteiger partial charge is 0.419 e. The maximum absolute atomic E-state index is 12.7. The van der Waals surface area contributed by atoms with Gasteiger partial charge in [-0.15, -0.1) is 0 Å². The van der Waals surface area contributed by atoms with Crippen molar-refractivity contribution in [3.05, 3.63) is 29.8 Å². The van der Waals surface area contributed by atoms with Crippen LogP contribution in [0.15, 0.2) is 24.3 Å². The van der Waals surface area contributed by atoms with Crippen LogP contribution in [0.2, 0.25) is 0 Å². The minimum Gasteiger partial charge on any atom is -0.483 e. The average Bonchev–Trinajstić information content (AvgIpc) is 2.44. The molecular formula is C14H19F3N2O2. The molecule has 0 radical (unpaired) electrons. The highest BCUT2D eigenvalue weighted by molar-refractivity contribution is 5.77. The van der Waals surface area contributed by atoms with Crippen LogP contribution in [0.5, 0.6) is 5.75 Å². The van der Waals surface area contributed by atoms with Crippen LogP contribution < -0.4 is 15.4 Å². The Labute approximate surface area is 121 Å². The van der Waals surface area contributed by atoms with Crippen LogP contribution in [0.25, 0.3) is 0 Å². The van der Waals surface area contributed by atoms with E-state index < -0.39 is 24.3 Å². The lowest BCUT2D eigenvalue weighted by Crippen LogP contribution is -2.35. The molecule has 0 unspecified atom stereocenters. The van der Waals surface area contributed by atoms with Crippen LogP contribution in [0.4, 0.5) is 13.2 Å². The number of para-hydroxylation sites is 1. The molecule has 1 rings (SSSR count). The van der Waals surface area contributed by atoms with E-state index in [-0.39, 0.29) is 5.75 Å². The fraction of sp³-hybridized carbons (Fsp3) is 0.500. The van der Waals surface area contributed by atoms with E-state index >= 15 is 0 Å². The molecule has 0 saturated heterocycles. The van der Waals surface area contributed by atoms with Crippen molar-refractivity contribution in [1.82, 2.24) is 10.6 Å². The first-order valence-electron chi connectivity index (χ1n) is 6.71. The molecule has 0 heterocycles. The molecule has 0 saturated carbocycles. The van der Waals surface area contributed by atoms with E-state index in [0.717, 1.165) is 19.0 Å². The van der Waals surface area contributed by atoms with Crippen molar-refractivity contribution in [2.75, 3.05) is 26.2 Å². The van der Waals surface area contributed by atoms with Gasteiger partial charge in [0.2, 0.25) is 0 Å². The molecule has 7 heteroatoms. The molecule has 0 aromatic heterocycles. The van der Waals surface area contributed by atoms with Gasteiger partial charge in [-0.25, -0.2) is 0 Å². The summed E-state index contributed by atoms with van der Waals surface area (Å²) >= 11 is 0. The highest BCUT2D eigenvalue weighted by Gasteiger charge is 2.34. The molecule has 4 nitrogen and oxygen atoms in total. The van der Waals surface area contributed by atoms with E-state index in [1.54, 1.807) is 0 Å². The zero-order valence-electron chi connectivity index (χ0n) is 11.8. The number of carbonyl (C=O) groups is 1. The van der Waals surface area contributed by atoms with Gasteiger partial charge in [0.1, 0.15) is 5.75 Å².